The van der Waals surface area contributed by atoms with Crippen molar-refractivity contribution in [3.8, 4) is 16.9 Å². The largest absolute Gasteiger partial charge is 0.335 e. The number of aromatic nitrogens is 3. The van der Waals surface area contributed by atoms with Gasteiger partial charge in [-0.25, -0.2) is 0 Å². The second-order valence-electron chi connectivity index (χ2n) is 4.91. The summed E-state index contributed by atoms with van der Waals surface area (Å²) in [5.74, 6) is 0. The summed E-state index contributed by atoms with van der Waals surface area (Å²) in [6.07, 6.45) is 0. The monoisotopic (exact) mass is 275 g/mol. The highest BCUT2D eigenvalue weighted by Crippen LogP contribution is 2.31. The third kappa shape index (κ3) is 1.84. The quantitative estimate of drug-likeness (QED) is 0.555. The van der Waals surface area contributed by atoms with E-state index in [0.29, 0.717) is 5.71 Å². The smallest absolute Gasteiger partial charge is 0.261 e. The molecule has 0 aliphatic heterocycles. The van der Waals surface area contributed by atoms with Gasteiger partial charge in [0.05, 0.1) is 16.8 Å². The first-order chi connectivity index (χ1) is 10.3. The van der Waals surface area contributed by atoms with Gasteiger partial charge in [0.1, 0.15) is 5.69 Å². The lowest BCUT2D eigenvalue weighted by Crippen LogP contribution is -1.95. The van der Waals surface area contributed by atoms with Crippen molar-refractivity contribution in [1.82, 2.24) is 14.9 Å². The number of nitrogens with zero attached hydrogens (tertiary/aromatic N) is 3. The van der Waals surface area contributed by atoms with E-state index in [4.69, 9.17) is 9.62 Å². The Morgan fingerprint density at radius 1 is 0.905 bits per heavy atom. The van der Waals surface area contributed by atoms with Gasteiger partial charge in [-0.05, 0) is 19.1 Å². The highest BCUT2D eigenvalue weighted by molar-refractivity contribution is 5.92. The number of hydrogen-bond donors (Lipinski definition) is 0. The second kappa shape index (κ2) is 4.59. The summed E-state index contributed by atoms with van der Waals surface area (Å²) in [5, 5.41) is 9.79. The van der Waals surface area contributed by atoms with E-state index in [1.807, 2.05) is 67.6 Å². The minimum atomic E-state index is 0.678. The van der Waals surface area contributed by atoms with Gasteiger partial charge in [-0.1, -0.05) is 53.7 Å². The number of rotatable bonds is 2. The van der Waals surface area contributed by atoms with Gasteiger partial charge in [0, 0.05) is 5.56 Å². The van der Waals surface area contributed by atoms with Crippen molar-refractivity contribution in [2.45, 2.75) is 6.92 Å². The summed E-state index contributed by atoms with van der Waals surface area (Å²) < 4.78 is 7.29. The van der Waals surface area contributed by atoms with E-state index in [0.717, 1.165) is 28.0 Å². The van der Waals surface area contributed by atoms with Crippen LogP contribution in [0.25, 0.3) is 28.0 Å². The molecule has 0 fully saturated rings. The Morgan fingerprint density at radius 2 is 1.57 bits per heavy atom. The number of para-hydroxylation sites is 1. The van der Waals surface area contributed by atoms with Crippen LogP contribution in [0.4, 0.5) is 0 Å². The molecule has 0 spiro atoms. The zero-order valence-corrected chi connectivity index (χ0v) is 11.5. The minimum Gasteiger partial charge on any atom is -0.335 e. The van der Waals surface area contributed by atoms with Crippen molar-refractivity contribution in [2.24, 2.45) is 0 Å². The standard InChI is InChI=1S/C17H13N3O/c1-12-15-16(13-8-4-2-5-9-13)18-20(17(15)21-19-12)14-10-6-3-7-11-14/h2-11H,1H3. The lowest BCUT2D eigenvalue weighted by atomic mass is 10.1. The Kier molecular flexibility index (Phi) is 2.60. The maximum absolute atomic E-state index is 5.49. The van der Waals surface area contributed by atoms with Crippen LogP contribution in [0.2, 0.25) is 0 Å². The molecule has 0 unspecified atom stereocenters. The molecule has 0 aliphatic rings. The van der Waals surface area contributed by atoms with Gasteiger partial charge < -0.3 is 4.52 Å². The molecule has 0 atom stereocenters. The molecule has 2 aromatic carbocycles. The highest BCUT2D eigenvalue weighted by Gasteiger charge is 2.19. The zero-order valence-electron chi connectivity index (χ0n) is 11.5. The van der Waals surface area contributed by atoms with Crippen LogP contribution in [0.1, 0.15) is 5.69 Å². The Morgan fingerprint density at radius 3 is 2.29 bits per heavy atom. The Bertz CT molecular complexity index is 892. The molecule has 2 aromatic heterocycles. The van der Waals surface area contributed by atoms with E-state index < -0.39 is 0 Å². The molecular weight excluding hydrogens is 262 g/mol. The fraction of sp³-hybridized carbons (Fsp3) is 0.0588. The van der Waals surface area contributed by atoms with Crippen LogP contribution < -0.4 is 0 Å². The number of benzene rings is 2. The van der Waals surface area contributed by atoms with Gasteiger partial charge in [0.25, 0.3) is 5.71 Å². The van der Waals surface area contributed by atoms with Crippen molar-refractivity contribution in [1.29, 1.82) is 0 Å². The maximum atomic E-state index is 5.49. The Labute approximate surface area is 121 Å². The molecule has 4 heteroatoms. The van der Waals surface area contributed by atoms with E-state index in [1.165, 1.54) is 0 Å². The summed E-state index contributed by atoms with van der Waals surface area (Å²) in [4.78, 5) is 0. The molecule has 0 N–H and O–H groups in total. The highest BCUT2D eigenvalue weighted by atomic mass is 16.5. The number of fused-ring (bicyclic) bond motifs is 1. The average molecular weight is 275 g/mol. The first kappa shape index (κ1) is 11.9. The lowest BCUT2D eigenvalue weighted by molar-refractivity contribution is 0.433. The molecule has 4 aromatic rings. The van der Waals surface area contributed by atoms with E-state index in [9.17, 15) is 0 Å². The van der Waals surface area contributed by atoms with Gasteiger partial charge >= 0.3 is 0 Å². The summed E-state index contributed by atoms with van der Waals surface area (Å²) in [6.45, 7) is 1.94. The van der Waals surface area contributed by atoms with E-state index in [-0.39, 0.29) is 0 Å². The SMILES string of the molecule is Cc1noc2c1c(-c1ccccc1)nn2-c1ccccc1. The summed E-state index contributed by atoms with van der Waals surface area (Å²) >= 11 is 0. The normalized spacial score (nSPS) is 11.1. The summed E-state index contributed by atoms with van der Waals surface area (Å²) in [6, 6.07) is 20.0. The van der Waals surface area contributed by atoms with Gasteiger partial charge in [0.2, 0.25) is 0 Å². The number of hydrogen-bond acceptors (Lipinski definition) is 3. The van der Waals surface area contributed by atoms with Gasteiger partial charge in [-0.3, -0.25) is 0 Å². The molecule has 0 aliphatic carbocycles. The van der Waals surface area contributed by atoms with Crippen LogP contribution in [0.3, 0.4) is 0 Å². The molecular formula is C17H13N3O. The summed E-state index contributed by atoms with van der Waals surface area (Å²) in [5.41, 5.74) is 4.45. The topological polar surface area (TPSA) is 43.9 Å². The molecule has 0 amide bonds. The molecule has 4 nitrogen and oxygen atoms in total. The lowest BCUT2D eigenvalue weighted by Gasteiger charge is -2.00. The van der Waals surface area contributed by atoms with Crippen LogP contribution in [0.15, 0.2) is 65.2 Å². The molecule has 102 valence electrons. The predicted molar refractivity (Wildman–Crippen MR) is 81.3 cm³/mol. The van der Waals surface area contributed by atoms with E-state index >= 15 is 0 Å². The maximum Gasteiger partial charge on any atom is 0.261 e. The Balaban J connectivity index is 2.03. The van der Waals surface area contributed by atoms with Crippen molar-refractivity contribution in [3.63, 3.8) is 0 Å². The van der Waals surface area contributed by atoms with Crippen molar-refractivity contribution in [3.05, 3.63) is 66.4 Å². The van der Waals surface area contributed by atoms with Crippen molar-refractivity contribution in [2.75, 3.05) is 0 Å². The summed E-state index contributed by atoms with van der Waals surface area (Å²) in [7, 11) is 0. The molecule has 0 saturated heterocycles. The number of aryl methyl sites for hydroxylation is 1. The predicted octanol–water partition coefficient (Wildman–Crippen LogP) is 3.99. The van der Waals surface area contributed by atoms with Crippen LogP contribution in [-0.4, -0.2) is 14.9 Å². The fourth-order valence-electron chi connectivity index (χ4n) is 2.51. The van der Waals surface area contributed by atoms with Gasteiger partial charge in [0.15, 0.2) is 0 Å². The van der Waals surface area contributed by atoms with Crippen LogP contribution in [0.5, 0.6) is 0 Å². The molecule has 2 heterocycles. The first-order valence-electron chi connectivity index (χ1n) is 6.80. The molecule has 0 bridgehead atoms. The molecule has 0 saturated carbocycles. The fourth-order valence-corrected chi connectivity index (χ4v) is 2.51. The second-order valence-corrected chi connectivity index (χ2v) is 4.91. The Hall–Kier alpha value is -2.88. The zero-order chi connectivity index (χ0) is 14.2. The van der Waals surface area contributed by atoms with Crippen LogP contribution in [0, 0.1) is 6.92 Å². The van der Waals surface area contributed by atoms with Gasteiger partial charge in [-0.15, -0.1) is 0 Å². The van der Waals surface area contributed by atoms with E-state index in [2.05, 4.69) is 5.16 Å². The third-order valence-electron chi connectivity index (χ3n) is 3.52. The van der Waals surface area contributed by atoms with Gasteiger partial charge in [-0.2, -0.15) is 9.78 Å². The van der Waals surface area contributed by atoms with Crippen molar-refractivity contribution >= 4 is 11.1 Å². The van der Waals surface area contributed by atoms with E-state index in [1.54, 1.807) is 4.68 Å². The molecule has 4 rings (SSSR count). The van der Waals surface area contributed by atoms with Crippen LogP contribution in [-0.2, 0) is 0 Å². The van der Waals surface area contributed by atoms with Crippen molar-refractivity contribution < 1.29 is 4.52 Å². The first-order valence-corrected chi connectivity index (χ1v) is 6.80. The molecule has 21 heavy (non-hydrogen) atoms. The van der Waals surface area contributed by atoms with Crippen LogP contribution >= 0.6 is 0 Å². The minimum absolute atomic E-state index is 0.678. The third-order valence-corrected chi connectivity index (χ3v) is 3.52. The molecule has 0 radical (unpaired) electrons. The average Bonchev–Trinajstić information content (AvgIpc) is 3.10.